The van der Waals surface area contributed by atoms with E-state index in [0.29, 0.717) is 6.42 Å². The number of alkyl halides is 3. The Bertz CT molecular complexity index is 695. The average molecular weight is 311 g/mol. The summed E-state index contributed by atoms with van der Waals surface area (Å²) in [6.45, 7) is -0.432. The van der Waals surface area contributed by atoms with E-state index >= 15 is 0 Å². The summed E-state index contributed by atoms with van der Waals surface area (Å²) in [4.78, 5) is 0. The van der Waals surface area contributed by atoms with Crippen LogP contribution in [0.1, 0.15) is 30.5 Å². The summed E-state index contributed by atoms with van der Waals surface area (Å²) in [5.74, 6) is 0. The van der Waals surface area contributed by atoms with Crippen LogP contribution in [-0.2, 0) is 19.3 Å². The first-order valence-electron chi connectivity index (χ1n) is 7.00. The first-order valence-corrected chi connectivity index (χ1v) is 7.00. The molecule has 1 aromatic rings. The Morgan fingerprint density at radius 1 is 1.32 bits per heavy atom. The van der Waals surface area contributed by atoms with Crippen molar-refractivity contribution < 1.29 is 18.3 Å². The van der Waals surface area contributed by atoms with E-state index in [-0.39, 0.29) is 12.1 Å². The van der Waals surface area contributed by atoms with Crippen LogP contribution >= 0.6 is 0 Å². The van der Waals surface area contributed by atoms with E-state index in [9.17, 15) is 13.2 Å². The first kappa shape index (κ1) is 14.9. The fraction of sp³-hybridized carbons (Fsp3) is 0.400. The molecule has 118 valence electrons. The number of aromatic nitrogens is 2. The molecule has 0 aromatic carbocycles. The van der Waals surface area contributed by atoms with Crippen molar-refractivity contribution in [1.29, 1.82) is 0 Å². The molecular weight excluding hydrogens is 295 g/mol. The predicted octanol–water partition coefficient (Wildman–Crippen LogP) is 2.66. The zero-order chi connectivity index (χ0) is 15.9. The van der Waals surface area contributed by atoms with Gasteiger partial charge in [0.15, 0.2) is 5.69 Å². The lowest BCUT2D eigenvalue weighted by atomic mass is 9.96. The van der Waals surface area contributed by atoms with Crippen LogP contribution in [0.25, 0.3) is 0 Å². The molecule has 2 aliphatic rings. The van der Waals surface area contributed by atoms with Crippen LogP contribution in [-0.4, -0.2) is 14.9 Å². The van der Waals surface area contributed by atoms with Crippen molar-refractivity contribution in [3.63, 3.8) is 0 Å². The lowest BCUT2D eigenvalue weighted by molar-refractivity contribution is -0.142. The van der Waals surface area contributed by atoms with E-state index in [4.69, 9.17) is 10.8 Å². The van der Waals surface area contributed by atoms with Gasteiger partial charge in [0.1, 0.15) is 0 Å². The number of hydrogen-bond acceptors (Lipinski definition) is 3. The molecule has 2 aliphatic carbocycles. The molecule has 0 fully saturated rings. The Hall–Kier alpha value is -2.02. The standard InChI is InChI=1S/C15H16F3N3O/c16-15(17,18)14-11(8-22)7-21(20-14)6-9-1-3-12-10(5-9)2-4-13(12)19/h1,5,7,22H,2-4,6,8,19H2. The van der Waals surface area contributed by atoms with Crippen LogP contribution < -0.4 is 5.73 Å². The van der Waals surface area contributed by atoms with Crippen LogP contribution in [0.3, 0.4) is 0 Å². The van der Waals surface area contributed by atoms with E-state index in [1.165, 1.54) is 16.5 Å². The molecule has 3 N–H and O–H groups in total. The van der Waals surface area contributed by atoms with Crippen LogP contribution in [0.15, 0.2) is 40.8 Å². The molecular formula is C15H16F3N3O. The van der Waals surface area contributed by atoms with Crippen LogP contribution in [0.5, 0.6) is 0 Å². The largest absolute Gasteiger partial charge is 0.435 e. The Labute approximate surface area is 125 Å². The second-order valence-corrected chi connectivity index (χ2v) is 5.51. The van der Waals surface area contributed by atoms with Gasteiger partial charge in [-0.15, -0.1) is 0 Å². The number of nitrogens with two attached hydrogens (primary N) is 1. The summed E-state index contributed by atoms with van der Waals surface area (Å²) in [6.07, 6.45) is 3.07. The molecule has 0 bridgehead atoms. The summed E-state index contributed by atoms with van der Waals surface area (Å²) in [7, 11) is 0. The molecule has 1 heterocycles. The predicted molar refractivity (Wildman–Crippen MR) is 74.4 cm³/mol. The molecule has 0 atom stereocenters. The molecule has 4 nitrogen and oxygen atoms in total. The summed E-state index contributed by atoms with van der Waals surface area (Å²) >= 11 is 0. The smallest absolute Gasteiger partial charge is 0.402 e. The van der Waals surface area contributed by atoms with Gasteiger partial charge in [0.25, 0.3) is 0 Å². The maximum absolute atomic E-state index is 12.8. The SMILES string of the molecule is NC1=C2CC=C(Cn3cc(CO)c(C(F)(F)F)n3)C=C2CC1. The van der Waals surface area contributed by atoms with Gasteiger partial charge in [0, 0.05) is 17.5 Å². The number of aliphatic hydroxyl groups excluding tert-OH is 1. The van der Waals surface area contributed by atoms with Gasteiger partial charge in [-0.05, 0) is 36.0 Å². The minimum absolute atomic E-state index is 0.206. The number of nitrogens with zero attached hydrogens (tertiary/aromatic N) is 2. The normalized spacial score (nSPS) is 18.4. The van der Waals surface area contributed by atoms with Gasteiger partial charge >= 0.3 is 6.18 Å². The topological polar surface area (TPSA) is 64.1 Å². The molecule has 22 heavy (non-hydrogen) atoms. The second kappa shape index (κ2) is 5.31. The van der Waals surface area contributed by atoms with Crippen molar-refractivity contribution in [2.75, 3.05) is 0 Å². The zero-order valence-electron chi connectivity index (χ0n) is 11.8. The van der Waals surface area contributed by atoms with Crippen molar-refractivity contribution in [2.45, 2.75) is 38.6 Å². The average Bonchev–Trinajstić information content (AvgIpc) is 3.03. The van der Waals surface area contributed by atoms with Crippen LogP contribution in [0.2, 0.25) is 0 Å². The van der Waals surface area contributed by atoms with Crippen LogP contribution in [0.4, 0.5) is 13.2 Å². The summed E-state index contributed by atoms with van der Waals surface area (Å²) in [5.41, 5.74) is 8.82. The van der Waals surface area contributed by atoms with E-state index < -0.39 is 18.5 Å². The highest BCUT2D eigenvalue weighted by Crippen LogP contribution is 2.36. The number of aliphatic hydroxyl groups is 1. The van der Waals surface area contributed by atoms with Crippen molar-refractivity contribution in [1.82, 2.24) is 9.78 Å². The monoisotopic (exact) mass is 311 g/mol. The van der Waals surface area contributed by atoms with Crippen molar-refractivity contribution in [2.24, 2.45) is 5.73 Å². The van der Waals surface area contributed by atoms with Crippen LogP contribution in [0, 0.1) is 0 Å². The molecule has 7 heteroatoms. The molecule has 0 aliphatic heterocycles. The molecule has 0 spiro atoms. The molecule has 0 saturated heterocycles. The quantitative estimate of drug-likeness (QED) is 0.902. The summed E-state index contributed by atoms with van der Waals surface area (Å²) < 4.78 is 39.7. The number of hydrogen-bond donors (Lipinski definition) is 2. The number of rotatable bonds is 3. The van der Waals surface area contributed by atoms with E-state index in [1.807, 2.05) is 12.2 Å². The summed E-state index contributed by atoms with van der Waals surface area (Å²) in [5, 5.41) is 12.6. The second-order valence-electron chi connectivity index (χ2n) is 5.51. The van der Waals surface area contributed by atoms with Gasteiger partial charge in [-0.3, -0.25) is 4.68 Å². The van der Waals surface area contributed by atoms with Crippen molar-refractivity contribution in [3.05, 3.63) is 52.0 Å². The van der Waals surface area contributed by atoms with Gasteiger partial charge in [-0.25, -0.2) is 0 Å². The number of allylic oxidation sites excluding steroid dienone is 6. The molecule has 0 amide bonds. The van der Waals surface area contributed by atoms with Gasteiger partial charge in [-0.2, -0.15) is 18.3 Å². The van der Waals surface area contributed by atoms with E-state index in [0.717, 1.165) is 29.7 Å². The highest BCUT2D eigenvalue weighted by atomic mass is 19.4. The third kappa shape index (κ3) is 2.68. The Morgan fingerprint density at radius 3 is 2.73 bits per heavy atom. The molecule has 3 rings (SSSR count). The molecule has 0 radical (unpaired) electrons. The summed E-state index contributed by atoms with van der Waals surface area (Å²) in [6, 6.07) is 0. The lowest BCUT2D eigenvalue weighted by Crippen LogP contribution is -2.10. The Morgan fingerprint density at radius 2 is 2.09 bits per heavy atom. The number of fused-ring (bicyclic) bond motifs is 1. The van der Waals surface area contributed by atoms with Crippen molar-refractivity contribution >= 4 is 0 Å². The maximum Gasteiger partial charge on any atom is 0.435 e. The highest BCUT2D eigenvalue weighted by molar-refractivity contribution is 5.48. The lowest BCUT2D eigenvalue weighted by Gasteiger charge is -2.13. The first-order chi connectivity index (χ1) is 10.4. The Kier molecular flexibility index (Phi) is 3.60. The van der Waals surface area contributed by atoms with Gasteiger partial charge in [0.05, 0.1) is 13.2 Å². The van der Waals surface area contributed by atoms with E-state index in [1.54, 1.807) is 0 Å². The van der Waals surface area contributed by atoms with Gasteiger partial charge in [0.2, 0.25) is 0 Å². The van der Waals surface area contributed by atoms with E-state index in [2.05, 4.69) is 5.10 Å². The Balaban J connectivity index is 1.82. The third-order valence-electron chi connectivity index (χ3n) is 3.99. The molecule has 0 saturated carbocycles. The third-order valence-corrected chi connectivity index (χ3v) is 3.99. The van der Waals surface area contributed by atoms with Gasteiger partial charge in [-0.1, -0.05) is 12.2 Å². The fourth-order valence-corrected chi connectivity index (χ4v) is 2.91. The van der Waals surface area contributed by atoms with Crippen molar-refractivity contribution in [3.8, 4) is 0 Å². The highest BCUT2D eigenvalue weighted by Gasteiger charge is 2.37. The molecule has 0 unspecified atom stereocenters. The minimum atomic E-state index is -4.56. The molecule has 1 aromatic heterocycles. The number of halogens is 3. The minimum Gasteiger partial charge on any atom is -0.402 e. The zero-order valence-corrected chi connectivity index (χ0v) is 11.8. The fourth-order valence-electron chi connectivity index (χ4n) is 2.91. The van der Waals surface area contributed by atoms with Gasteiger partial charge < -0.3 is 10.8 Å². The maximum atomic E-state index is 12.8.